The Balaban J connectivity index is 1.79. The molecule has 0 radical (unpaired) electrons. The van der Waals surface area contributed by atoms with E-state index in [1.54, 1.807) is 29.4 Å². The fourth-order valence-corrected chi connectivity index (χ4v) is 4.94. The molecule has 2 atom stereocenters. The lowest BCUT2D eigenvalue weighted by molar-refractivity contribution is -0.137. The minimum absolute atomic E-state index is 0.0537. The quantitative estimate of drug-likeness (QED) is 0.493. The number of carbonyl (C=O) groups is 2. The molecule has 2 aliphatic rings. The van der Waals surface area contributed by atoms with Gasteiger partial charge in [0.25, 0.3) is 0 Å². The van der Waals surface area contributed by atoms with E-state index in [1.165, 1.54) is 23.1 Å². The van der Waals surface area contributed by atoms with Crippen molar-refractivity contribution in [3.05, 3.63) is 23.2 Å². The van der Waals surface area contributed by atoms with Crippen LogP contribution in [0.2, 0.25) is 0 Å². The number of rotatable bonds is 3. The summed E-state index contributed by atoms with van der Waals surface area (Å²) in [6.07, 6.45) is -1.95. The third-order valence-corrected chi connectivity index (χ3v) is 6.68. The molecule has 0 N–H and O–H groups in total. The van der Waals surface area contributed by atoms with Crippen molar-refractivity contribution in [1.29, 1.82) is 0 Å². The molecule has 3 rings (SSSR count). The second-order valence-electron chi connectivity index (χ2n) is 7.13. The number of hydrogen-bond donors (Lipinski definition) is 0. The topological polar surface area (TPSA) is 68.7 Å². The second-order valence-corrected chi connectivity index (χ2v) is 9.33. The molecule has 29 heavy (non-hydrogen) atoms. The Kier molecular flexibility index (Phi) is 6.77. The van der Waals surface area contributed by atoms with Crippen LogP contribution in [0.3, 0.4) is 0 Å². The largest absolute Gasteiger partial charge is 0.454 e. The Morgan fingerprint density at radius 3 is 2.93 bits per heavy atom. The van der Waals surface area contributed by atoms with E-state index >= 15 is 0 Å². The highest BCUT2D eigenvalue weighted by atomic mass is 32.2. The van der Waals surface area contributed by atoms with Gasteiger partial charge in [0.15, 0.2) is 10.0 Å². The first-order chi connectivity index (χ1) is 13.7. The number of thiazole rings is 1. The van der Waals surface area contributed by atoms with Crippen LogP contribution in [-0.2, 0) is 9.47 Å². The number of thioether (sulfide) groups is 1. The maximum Gasteiger partial charge on any atom is 0.410 e. The van der Waals surface area contributed by atoms with Crippen molar-refractivity contribution in [2.24, 2.45) is 0 Å². The van der Waals surface area contributed by atoms with Gasteiger partial charge in [-0.25, -0.2) is 14.6 Å². The van der Waals surface area contributed by atoms with Gasteiger partial charge in [0.2, 0.25) is 0 Å². The van der Waals surface area contributed by atoms with Crippen molar-refractivity contribution in [2.45, 2.75) is 54.8 Å². The fraction of sp³-hybridized carbons (Fsp3) is 0.611. The van der Waals surface area contributed by atoms with Crippen molar-refractivity contribution in [2.75, 3.05) is 18.9 Å². The average Bonchev–Trinajstić information content (AvgIpc) is 3.21. The third-order valence-electron chi connectivity index (χ3n) is 4.68. The van der Waals surface area contributed by atoms with Crippen LogP contribution in [0.15, 0.2) is 21.9 Å². The summed E-state index contributed by atoms with van der Waals surface area (Å²) < 4.78 is 49.0. The summed E-state index contributed by atoms with van der Waals surface area (Å²) in [5.41, 5.74) is -0.979. The number of nitrogens with zero attached hydrogens (tertiary/aromatic N) is 2. The van der Waals surface area contributed by atoms with Gasteiger partial charge in [0, 0.05) is 30.5 Å². The molecule has 2 bridgehead atoms. The molecule has 1 fully saturated rings. The molecule has 0 saturated carbocycles. The standard InChI is InChI=1S/C18H21F3N2O4S2/c1-17(6-3-7-18(19,20)21)5-2-4-12-10-26-16(25)23(12)8-9-28-15-22-13(11-29-15)14(24)27-17/h2,4,11-12H,3,5-10H2,1H3/t12-,17+/m0/s1. The molecule has 160 valence electrons. The van der Waals surface area contributed by atoms with Crippen molar-refractivity contribution in [3.8, 4) is 0 Å². The summed E-state index contributed by atoms with van der Waals surface area (Å²) in [6.45, 7) is 2.29. The number of esters is 1. The van der Waals surface area contributed by atoms with E-state index in [2.05, 4.69) is 4.98 Å². The van der Waals surface area contributed by atoms with Crippen molar-refractivity contribution in [1.82, 2.24) is 9.88 Å². The number of aromatic nitrogens is 1. The number of carbonyl (C=O) groups excluding carboxylic acids is 2. The number of fused-ring (bicyclic) bond motifs is 3. The summed E-state index contributed by atoms with van der Waals surface area (Å²) in [5.74, 6) is -0.0505. The summed E-state index contributed by atoms with van der Waals surface area (Å²) >= 11 is 2.70. The Morgan fingerprint density at radius 1 is 1.38 bits per heavy atom. The minimum atomic E-state index is -4.26. The van der Waals surface area contributed by atoms with Crippen molar-refractivity contribution < 1.29 is 32.2 Å². The molecule has 6 nitrogen and oxygen atoms in total. The van der Waals surface area contributed by atoms with E-state index in [9.17, 15) is 22.8 Å². The summed E-state index contributed by atoms with van der Waals surface area (Å²) in [5, 5.41) is 1.57. The normalized spacial score (nSPS) is 25.9. The molecule has 0 unspecified atom stereocenters. The van der Waals surface area contributed by atoms with Crippen LogP contribution in [0, 0.1) is 0 Å². The van der Waals surface area contributed by atoms with Gasteiger partial charge >= 0.3 is 18.2 Å². The summed E-state index contributed by atoms with van der Waals surface area (Å²) in [6, 6.07) is -0.256. The zero-order valence-corrected chi connectivity index (χ0v) is 17.4. The first kappa shape index (κ1) is 21.9. The number of alkyl halides is 3. The van der Waals surface area contributed by atoms with Gasteiger partial charge in [0.1, 0.15) is 12.2 Å². The Labute approximate surface area is 174 Å². The van der Waals surface area contributed by atoms with E-state index in [1.807, 2.05) is 0 Å². The maximum atomic E-state index is 12.6. The minimum Gasteiger partial charge on any atom is -0.454 e. The zero-order valence-electron chi connectivity index (χ0n) is 15.7. The van der Waals surface area contributed by atoms with Gasteiger partial charge in [-0.2, -0.15) is 13.2 Å². The molecule has 1 amide bonds. The highest BCUT2D eigenvalue weighted by Crippen LogP contribution is 2.31. The van der Waals surface area contributed by atoms with E-state index in [4.69, 9.17) is 9.47 Å². The van der Waals surface area contributed by atoms with E-state index in [-0.39, 0.29) is 37.6 Å². The van der Waals surface area contributed by atoms with Gasteiger partial charge in [-0.3, -0.25) is 4.90 Å². The lowest BCUT2D eigenvalue weighted by atomic mass is 9.94. The lowest BCUT2D eigenvalue weighted by Gasteiger charge is -2.29. The van der Waals surface area contributed by atoms with Crippen LogP contribution in [0.4, 0.5) is 18.0 Å². The third kappa shape index (κ3) is 6.11. The highest BCUT2D eigenvalue weighted by molar-refractivity contribution is 8.01. The summed E-state index contributed by atoms with van der Waals surface area (Å²) in [4.78, 5) is 30.3. The summed E-state index contributed by atoms with van der Waals surface area (Å²) in [7, 11) is 0. The Bertz CT molecular complexity index is 783. The van der Waals surface area contributed by atoms with Crippen molar-refractivity contribution >= 4 is 35.2 Å². The SMILES string of the molecule is C[C@]1(CCCC(F)(F)F)CC=C[C@H]2COC(=O)N2CCSc2nc(cs2)C(=O)O1. The molecule has 0 spiro atoms. The van der Waals surface area contributed by atoms with Gasteiger partial charge in [0.05, 0.1) is 6.04 Å². The van der Waals surface area contributed by atoms with Gasteiger partial charge in [-0.05, 0) is 19.8 Å². The molecule has 1 aromatic heterocycles. The molecule has 3 heterocycles. The van der Waals surface area contributed by atoms with Crippen LogP contribution in [-0.4, -0.2) is 58.7 Å². The first-order valence-electron chi connectivity index (χ1n) is 9.14. The van der Waals surface area contributed by atoms with Gasteiger partial charge in [-0.1, -0.05) is 23.9 Å². The predicted molar refractivity (Wildman–Crippen MR) is 102 cm³/mol. The van der Waals surface area contributed by atoms with Crippen LogP contribution in [0.5, 0.6) is 0 Å². The number of hydrogen-bond acceptors (Lipinski definition) is 7. The molecular formula is C18H21F3N2O4S2. The second kappa shape index (κ2) is 8.95. The molecule has 1 aromatic rings. The van der Waals surface area contributed by atoms with E-state index < -0.39 is 30.3 Å². The number of halogens is 3. The first-order valence-corrected chi connectivity index (χ1v) is 11.0. The maximum absolute atomic E-state index is 12.6. The van der Waals surface area contributed by atoms with E-state index in [0.29, 0.717) is 16.6 Å². The van der Waals surface area contributed by atoms with Gasteiger partial charge < -0.3 is 9.47 Å². The smallest absolute Gasteiger partial charge is 0.410 e. The molecule has 0 aliphatic carbocycles. The van der Waals surface area contributed by atoms with Crippen LogP contribution < -0.4 is 0 Å². The number of cyclic esters (lactones) is 2. The fourth-order valence-electron chi connectivity index (χ4n) is 3.14. The highest BCUT2D eigenvalue weighted by Gasteiger charge is 2.34. The van der Waals surface area contributed by atoms with E-state index in [0.717, 1.165) is 0 Å². The molecular weight excluding hydrogens is 429 g/mol. The monoisotopic (exact) mass is 450 g/mol. The van der Waals surface area contributed by atoms with Crippen molar-refractivity contribution in [3.63, 3.8) is 0 Å². The zero-order chi connectivity index (χ0) is 21.1. The Morgan fingerprint density at radius 2 is 2.17 bits per heavy atom. The molecule has 1 saturated heterocycles. The van der Waals surface area contributed by atoms with Gasteiger partial charge in [-0.15, -0.1) is 11.3 Å². The lowest BCUT2D eigenvalue weighted by Crippen LogP contribution is -2.35. The molecule has 2 aliphatic heterocycles. The average molecular weight is 451 g/mol. The predicted octanol–water partition coefficient (Wildman–Crippen LogP) is 4.66. The molecule has 11 heteroatoms. The van der Waals surface area contributed by atoms with Crippen LogP contribution >= 0.6 is 23.1 Å². The Hall–Kier alpha value is -1.75. The number of amides is 1. The van der Waals surface area contributed by atoms with Crippen LogP contribution in [0.25, 0.3) is 0 Å². The number of ether oxygens (including phenoxy) is 2. The molecule has 0 aromatic carbocycles. The van der Waals surface area contributed by atoms with Crippen LogP contribution in [0.1, 0.15) is 43.1 Å².